The van der Waals surface area contributed by atoms with Crippen LogP contribution in [0.15, 0.2) is 79.1 Å². The molecule has 1 aromatic heterocycles. The zero-order valence-electron chi connectivity index (χ0n) is 25.0. The van der Waals surface area contributed by atoms with Gasteiger partial charge >= 0.3 is 6.01 Å². The highest BCUT2D eigenvalue weighted by molar-refractivity contribution is 6.33. The lowest BCUT2D eigenvalue weighted by Crippen LogP contribution is -2.24. The van der Waals surface area contributed by atoms with E-state index in [0.717, 1.165) is 12.2 Å². The number of phenolic OH excluding ortho intramolecular Hbond substituents is 2. The first-order valence-electron chi connectivity index (χ1n) is 14.6. The van der Waals surface area contributed by atoms with Crippen LogP contribution in [-0.2, 0) is 4.74 Å². The van der Waals surface area contributed by atoms with Crippen molar-refractivity contribution < 1.29 is 34.0 Å². The van der Waals surface area contributed by atoms with E-state index in [4.69, 9.17) is 25.7 Å². The monoisotopic (exact) mass is 634 g/mol. The normalized spacial score (nSPS) is 11.9. The molecule has 0 bridgehead atoms. The Bertz CT molecular complexity index is 1950. The minimum absolute atomic E-state index is 0.00178. The number of benzene rings is 4. The first-order chi connectivity index (χ1) is 22.8. The first kappa shape index (κ1) is 30.8. The number of ketones is 2. The van der Waals surface area contributed by atoms with Crippen LogP contribution in [0.1, 0.15) is 38.3 Å². The van der Waals surface area contributed by atoms with Crippen LogP contribution in [0.25, 0.3) is 11.1 Å². The van der Waals surface area contributed by atoms with Crippen molar-refractivity contribution in [2.75, 3.05) is 43.1 Å². The molecular formula is C34H30N6O7. The van der Waals surface area contributed by atoms with Crippen LogP contribution in [-0.4, -0.2) is 63.1 Å². The van der Waals surface area contributed by atoms with Gasteiger partial charge in [0.1, 0.15) is 35.9 Å². The predicted molar refractivity (Wildman–Crippen MR) is 173 cm³/mol. The molecule has 0 radical (unpaired) electrons. The molecule has 1 aliphatic carbocycles. The highest BCUT2D eigenvalue weighted by Crippen LogP contribution is 2.45. The summed E-state index contributed by atoms with van der Waals surface area (Å²) in [6, 6.07) is 20.1. The van der Waals surface area contributed by atoms with Crippen molar-refractivity contribution in [3.63, 3.8) is 0 Å². The lowest BCUT2D eigenvalue weighted by Gasteiger charge is -2.23. The molecular weight excluding hydrogens is 604 g/mol. The molecule has 238 valence electrons. The SMILES string of the molecule is Nc1ccc(O)c2c1C(=O)c1c(O)c(-c3ccc(Oc4ncnc(NCCCOCCOc5ccccc5)n4)cc3)cc(N)c1C2=O. The molecule has 1 heterocycles. The van der Waals surface area contributed by atoms with Crippen molar-refractivity contribution in [3.05, 3.63) is 101 Å². The number of hydrogen-bond donors (Lipinski definition) is 5. The molecule has 6 rings (SSSR count). The first-order valence-corrected chi connectivity index (χ1v) is 14.6. The van der Waals surface area contributed by atoms with Gasteiger partial charge in [-0.05, 0) is 54.4 Å². The van der Waals surface area contributed by atoms with E-state index in [1.165, 1.54) is 24.5 Å². The number of hydrogen-bond acceptors (Lipinski definition) is 13. The van der Waals surface area contributed by atoms with Gasteiger partial charge in [0.15, 0.2) is 0 Å². The summed E-state index contributed by atoms with van der Waals surface area (Å²) in [5.74, 6) is -0.717. The summed E-state index contributed by atoms with van der Waals surface area (Å²) in [6.07, 6.45) is 2.05. The molecule has 47 heavy (non-hydrogen) atoms. The van der Waals surface area contributed by atoms with E-state index in [-0.39, 0.29) is 45.2 Å². The topological polar surface area (TPSA) is 205 Å². The van der Waals surface area contributed by atoms with Gasteiger partial charge in [0.05, 0.1) is 28.9 Å². The molecule has 0 aliphatic heterocycles. The third kappa shape index (κ3) is 6.46. The largest absolute Gasteiger partial charge is 0.507 e. The number of carbonyl (C=O) groups is 2. The van der Waals surface area contributed by atoms with Crippen LogP contribution in [0, 0.1) is 0 Å². The molecule has 0 fully saturated rings. The smallest absolute Gasteiger partial charge is 0.326 e. The number of fused-ring (bicyclic) bond motifs is 2. The third-order valence-corrected chi connectivity index (χ3v) is 7.37. The summed E-state index contributed by atoms with van der Waals surface area (Å²) in [5.41, 5.74) is 12.0. The second kappa shape index (κ2) is 13.4. The van der Waals surface area contributed by atoms with Crippen molar-refractivity contribution in [2.24, 2.45) is 0 Å². The Labute approximate surface area is 268 Å². The van der Waals surface area contributed by atoms with Crippen molar-refractivity contribution in [1.29, 1.82) is 0 Å². The molecule has 0 saturated heterocycles. The maximum atomic E-state index is 13.4. The maximum Gasteiger partial charge on any atom is 0.326 e. The Morgan fingerprint density at radius 2 is 1.49 bits per heavy atom. The van der Waals surface area contributed by atoms with Gasteiger partial charge in [0, 0.05) is 30.1 Å². The summed E-state index contributed by atoms with van der Waals surface area (Å²) in [6.45, 7) is 2.04. The van der Waals surface area contributed by atoms with Crippen LogP contribution in [0.2, 0.25) is 0 Å². The molecule has 13 nitrogen and oxygen atoms in total. The highest BCUT2D eigenvalue weighted by atomic mass is 16.5. The van der Waals surface area contributed by atoms with Gasteiger partial charge in [-0.3, -0.25) is 9.59 Å². The van der Waals surface area contributed by atoms with Crippen LogP contribution in [0.5, 0.6) is 29.0 Å². The molecule has 13 heteroatoms. The molecule has 1 aliphatic rings. The van der Waals surface area contributed by atoms with E-state index in [1.54, 1.807) is 24.3 Å². The number of carbonyl (C=O) groups excluding carboxylic acids is 2. The molecule has 0 saturated carbocycles. The number of aromatic nitrogens is 3. The predicted octanol–water partition coefficient (Wildman–Crippen LogP) is 4.58. The van der Waals surface area contributed by atoms with E-state index in [2.05, 4.69) is 20.3 Å². The van der Waals surface area contributed by atoms with Gasteiger partial charge in [-0.2, -0.15) is 9.97 Å². The number of ether oxygens (including phenoxy) is 3. The summed E-state index contributed by atoms with van der Waals surface area (Å²) in [7, 11) is 0. The van der Waals surface area contributed by atoms with Crippen molar-refractivity contribution in [2.45, 2.75) is 6.42 Å². The fourth-order valence-corrected chi connectivity index (χ4v) is 5.15. The average Bonchev–Trinajstić information content (AvgIpc) is 3.07. The number of para-hydroxylation sites is 1. The molecule has 0 amide bonds. The van der Waals surface area contributed by atoms with E-state index in [0.29, 0.717) is 43.6 Å². The highest BCUT2D eigenvalue weighted by Gasteiger charge is 2.38. The van der Waals surface area contributed by atoms with Crippen molar-refractivity contribution in [1.82, 2.24) is 15.0 Å². The minimum Gasteiger partial charge on any atom is -0.507 e. The number of nitrogens with one attached hydrogen (secondary N) is 1. The standard InChI is InChI=1S/C34H30N6O7/c35-23-11-12-25(41)28-26(23)32(44)29-27(31(28)43)24(36)17-22(30(29)42)19-7-9-21(10-8-19)47-34-39-18-38-33(40-34)37-13-4-14-45-15-16-46-20-5-2-1-3-6-20/h1-3,5-12,17-18,41-42H,4,13-16,35-36H2,(H,37,38,39,40). The Morgan fingerprint density at radius 3 is 2.28 bits per heavy atom. The van der Waals surface area contributed by atoms with Crippen LogP contribution < -0.4 is 26.3 Å². The molecule has 5 aromatic rings. The zero-order chi connectivity index (χ0) is 32.9. The third-order valence-electron chi connectivity index (χ3n) is 7.37. The van der Waals surface area contributed by atoms with Gasteiger partial charge in [0.25, 0.3) is 0 Å². The fraction of sp³-hybridized carbons (Fsp3) is 0.147. The van der Waals surface area contributed by atoms with Gasteiger partial charge < -0.3 is 41.2 Å². The second-order valence-electron chi connectivity index (χ2n) is 10.5. The number of anilines is 3. The Hall–Kier alpha value is -6.21. The van der Waals surface area contributed by atoms with Crippen LogP contribution >= 0.6 is 0 Å². The Kier molecular flexibility index (Phi) is 8.80. The quantitative estimate of drug-likeness (QED) is 0.0711. The second-order valence-corrected chi connectivity index (χ2v) is 10.5. The number of phenols is 2. The molecule has 0 spiro atoms. The molecule has 0 unspecified atom stereocenters. The summed E-state index contributed by atoms with van der Waals surface area (Å²) >= 11 is 0. The van der Waals surface area contributed by atoms with Gasteiger partial charge in [-0.25, -0.2) is 4.98 Å². The van der Waals surface area contributed by atoms with Crippen molar-refractivity contribution >= 4 is 28.9 Å². The van der Waals surface area contributed by atoms with Crippen LogP contribution in [0.3, 0.4) is 0 Å². The molecule has 7 N–H and O–H groups in total. The summed E-state index contributed by atoms with van der Waals surface area (Å²) in [5, 5.41) is 24.6. The number of aromatic hydroxyl groups is 2. The minimum atomic E-state index is -0.714. The summed E-state index contributed by atoms with van der Waals surface area (Å²) < 4.78 is 17.0. The number of nitrogens with zero attached hydrogens (tertiary/aromatic N) is 3. The van der Waals surface area contributed by atoms with E-state index in [1.807, 2.05) is 30.3 Å². The lowest BCUT2D eigenvalue weighted by atomic mass is 9.80. The molecule has 4 aromatic carbocycles. The van der Waals surface area contributed by atoms with Gasteiger partial charge in [-0.15, -0.1) is 0 Å². The Morgan fingerprint density at radius 1 is 0.745 bits per heavy atom. The van der Waals surface area contributed by atoms with Crippen LogP contribution in [0.4, 0.5) is 17.3 Å². The number of nitrogens with two attached hydrogens (primary N) is 2. The number of rotatable bonds is 12. The molecule has 0 atom stereocenters. The Balaban J connectivity index is 1.07. The van der Waals surface area contributed by atoms with E-state index in [9.17, 15) is 19.8 Å². The van der Waals surface area contributed by atoms with E-state index < -0.39 is 23.1 Å². The lowest BCUT2D eigenvalue weighted by molar-refractivity contribution is 0.0975. The average molecular weight is 635 g/mol. The summed E-state index contributed by atoms with van der Waals surface area (Å²) in [4.78, 5) is 39.1. The number of nitrogen functional groups attached to an aromatic ring is 2. The van der Waals surface area contributed by atoms with Gasteiger partial charge in [0.2, 0.25) is 17.5 Å². The maximum absolute atomic E-state index is 13.4. The van der Waals surface area contributed by atoms with Crippen molar-refractivity contribution in [3.8, 4) is 40.1 Å². The fourth-order valence-electron chi connectivity index (χ4n) is 5.15. The van der Waals surface area contributed by atoms with E-state index >= 15 is 0 Å². The van der Waals surface area contributed by atoms with Gasteiger partial charge in [-0.1, -0.05) is 30.3 Å². The zero-order valence-corrected chi connectivity index (χ0v) is 25.0.